The lowest BCUT2D eigenvalue weighted by Gasteiger charge is -2.20. The minimum absolute atomic E-state index is 0.270. The second kappa shape index (κ2) is 7.01. The van der Waals surface area contributed by atoms with Crippen molar-refractivity contribution < 1.29 is 17.6 Å². The van der Waals surface area contributed by atoms with Crippen LogP contribution in [-0.2, 0) is 12.7 Å². The molecule has 1 aromatic carbocycles. The van der Waals surface area contributed by atoms with Crippen molar-refractivity contribution in [1.29, 1.82) is 0 Å². The van der Waals surface area contributed by atoms with E-state index in [0.29, 0.717) is 22.9 Å². The van der Waals surface area contributed by atoms with Crippen molar-refractivity contribution in [3.63, 3.8) is 0 Å². The van der Waals surface area contributed by atoms with Gasteiger partial charge in [-0.25, -0.2) is 4.39 Å². The minimum Gasteiger partial charge on any atom is -0.309 e. The zero-order valence-corrected chi connectivity index (χ0v) is 12.7. The molecule has 0 spiro atoms. The zero-order valence-electron chi connectivity index (χ0n) is 11.8. The first-order chi connectivity index (χ1) is 9.90. The van der Waals surface area contributed by atoms with Crippen LogP contribution < -0.4 is 5.32 Å². The highest BCUT2D eigenvalue weighted by atomic mass is 32.2. The molecule has 1 aromatic rings. The molecule has 0 saturated heterocycles. The number of halogens is 4. The van der Waals surface area contributed by atoms with Crippen LogP contribution >= 0.6 is 11.8 Å². The third kappa shape index (κ3) is 4.61. The maximum atomic E-state index is 13.3. The summed E-state index contributed by atoms with van der Waals surface area (Å²) in [6, 6.07) is 3.02. The Bertz CT molecular complexity index is 475. The molecule has 0 aliphatic heterocycles. The highest BCUT2D eigenvalue weighted by molar-refractivity contribution is 7.99. The molecule has 1 aliphatic carbocycles. The summed E-state index contributed by atoms with van der Waals surface area (Å²) >= 11 is 1.88. The van der Waals surface area contributed by atoms with Crippen molar-refractivity contribution in [2.24, 2.45) is 0 Å². The average molecular weight is 321 g/mol. The van der Waals surface area contributed by atoms with Gasteiger partial charge in [0.2, 0.25) is 0 Å². The normalized spacial score (nSPS) is 22.7. The molecule has 2 unspecified atom stereocenters. The van der Waals surface area contributed by atoms with E-state index in [0.717, 1.165) is 31.1 Å². The van der Waals surface area contributed by atoms with E-state index < -0.39 is 17.6 Å². The number of hydrogen-bond donors (Lipinski definition) is 1. The maximum absolute atomic E-state index is 13.3. The smallest absolute Gasteiger partial charge is 0.309 e. The first kappa shape index (κ1) is 16.6. The SMILES string of the molecule is CCSC1CCCC1NCc1cc(F)cc(C(F)(F)F)c1. The van der Waals surface area contributed by atoms with Gasteiger partial charge in [0.25, 0.3) is 0 Å². The molecular formula is C15H19F4NS. The Hall–Kier alpha value is -0.750. The number of rotatable bonds is 5. The molecule has 0 aromatic heterocycles. The van der Waals surface area contributed by atoms with Crippen molar-refractivity contribution in [1.82, 2.24) is 5.32 Å². The third-order valence-corrected chi connectivity index (χ3v) is 5.01. The summed E-state index contributed by atoms with van der Waals surface area (Å²) in [5, 5.41) is 3.79. The van der Waals surface area contributed by atoms with E-state index in [1.165, 1.54) is 6.07 Å². The fourth-order valence-corrected chi connectivity index (χ4v) is 3.96. The Labute approximate surface area is 126 Å². The predicted molar refractivity (Wildman–Crippen MR) is 77.8 cm³/mol. The molecule has 1 nitrogen and oxygen atoms in total. The lowest BCUT2D eigenvalue weighted by Crippen LogP contribution is -2.33. The lowest BCUT2D eigenvalue weighted by molar-refractivity contribution is -0.137. The van der Waals surface area contributed by atoms with Crippen LogP contribution in [-0.4, -0.2) is 17.0 Å². The molecule has 2 rings (SSSR count). The number of alkyl halides is 3. The van der Waals surface area contributed by atoms with Gasteiger partial charge in [-0.2, -0.15) is 24.9 Å². The summed E-state index contributed by atoms with van der Waals surface area (Å²) in [7, 11) is 0. The molecule has 118 valence electrons. The van der Waals surface area contributed by atoms with Gasteiger partial charge < -0.3 is 5.32 Å². The molecule has 0 amide bonds. The van der Waals surface area contributed by atoms with E-state index >= 15 is 0 Å². The van der Waals surface area contributed by atoms with Gasteiger partial charge in [0, 0.05) is 17.8 Å². The Morgan fingerprint density at radius 2 is 2.00 bits per heavy atom. The molecule has 1 aliphatic rings. The van der Waals surface area contributed by atoms with Crippen molar-refractivity contribution in [2.75, 3.05) is 5.75 Å². The zero-order chi connectivity index (χ0) is 15.5. The molecule has 1 fully saturated rings. The average Bonchev–Trinajstić information content (AvgIpc) is 2.83. The van der Waals surface area contributed by atoms with E-state index in [-0.39, 0.29) is 6.54 Å². The standard InChI is InChI=1S/C15H19F4NS/c1-2-21-14-5-3-4-13(14)20-9-10-6-11(15(17,18)19)8-12(16)7-10/h6-8,13-14,20H,2-5,9H2,1H3. The molecular weight excluding hydrogens is 302 g/mol. The van der Waals surface area contributed by atoms with E-state index in [2.05, 4.69) is 12.2 Å². The van der Waals surface area contributed by atoms with E-state index in [1.807, 2.05) is 11.8 Å². The summed E-state index contributed by atoms with van der Waals surface area (Å²) in [5.74, 6) is 0.189. The van der Waals surface area contributed by atoms with Crippen LogP contribution in [0.5, 0.6) is 0 Å². The topological polar surface area (TPSA) is 12.0 Å². The van der Waals surface area contributed by atoms with Crippen LogP contribution in [0.2, 0.25) is 0 Å². The number of benzene rings is 1. The predicted octanol–water partition coefficient (Wildman–Crippen LogP) is 4.61. The van der Waals surface area contributed by atoms with E-state index in [1.54, 1.807) is 0 Å². The molecule has 1 saturated carbocycles. The Morgan fingerprint density at radius 3 is 2.67 bits per heavy atom. The molecule has 2 atom stereocenters. The van der Waals surface area contributed by atoms with Gasteiger partial charge in [0.15, 0.2) is 0 Å². The minimum atomic E-state index is -4.51. The van der Waals surface area contributed by atoms with Crippen molar-refractivity contribution in [3.05, 3.63) is 35.1 Å². The van der Waals surface area contributed by atoms with Crippen molar-refractivity contribution >= 4 is 11.8 Å². The van der Waals surface area contributed by atoms with Crippen LogP contribution in [0.4, 0.5) is 17.6 Å². The monoisotopic (exact) mass is 321 g/mol. The largest absolute Gasteiger partial charge is 0.416 e. The van der Waals surface area contributed by atoms with Crippen molar-refractivity contribution in [3.8, 4) is 0 Å². The first-order valence-electron chi connectivity index (χ1n) is 7.12. The van der Waals surface area contributed by atoms with Crippen molar-refractivity contribution in [2.45, 2.75) is 50.2 Å². The number of nitrogens with one attached hydrogen (secondary N) is 1. The third-order valence-electron chi connectivity index (χ3n) is 3.69. The van der Waals surface area contributed by atoms with Crippen LogP contribution in [0.3, 0.4) is 0 Å². The number of hydrogen-bond acceptors (Lipinski definition) is 2. The quantitative estimate of drug-likeness (QED) is 0.795. The number of thioether (sulfide) groups is 1. The van der Waals surface area contributed by atoms with Gasteiger partial charge >= 0.3 is 6.18 Å². The van der Waals surface area contributed by atoms with Gasteiger partial charge in [-0.15, -0.1) is 0 Å². The molecule has 21 heavy (non-hydrogen) atoms. The van der Waals surface area contributed by atoms with Gasteiger partial charge in [0.05, 0.1) is 5.56 Å². The van der Waals surface area contributed by atoms with Crippen LogP contribution in [0.15, 0.2) is 18.2 Å². The molecule has 0 radical (unpaired) electrons. The van der Waals surface area contributed by atoms with Crippen LogP contribution in [0.25, 0.3) is 0 Å². The van der Waals surface area contributed by atoms with Gasteiger partial charge in [-0.1, -0.05) is 13.3 Å². The van der Waals surface area contributed by atoms with Gasteiger partial charge in [-0.05, 0) is 42.4 Å². The highest BCUT2D eigenvalue weighted by Crippen LogP contribution is 2.32. The molecule has 0 heterocycles. The summed E-state index contributed by atoms with van der Waals surface area (Å²) < 4.78 is 51.3. The van der Waals surface area contributed by atoms with E-state index in [4.69, 9.17) is 0 Å². The summed E-state index contributed by atoms with van der Waals surface area (Å²) in [5.41, 5.74) is -0.584. The lowest BCUT2D eigenvalue weighted by atomic mass is 10.1. The first-order valence-corrected chi connectivity index (χ1v) is 8.16. The summed E-state index contributed by atoms with van der Waals surface area (Å²) in [6.45, 7) is 2.37. The Kier molecular flexibility index (Phi) is 5.54. The summed E-state index contributed by atoms with van der Waals surface area (Å²) in [4.78, 5) is 0. The molecule has 1 N–H and O–H groups in total. The second-order valence-corrected chi connectivity index (χ2v) is 6.77. The van der Waals surface area contributed by atoms with Crippen LogP contribution in [0, 0.1) is 5.82 Å². The Morgan fingerprint density at radius 1 is 1.24 bits per heavy atom. The second-order valence-electron chi connectivity index (χ2n) is 5.26. The fraction of sp³-hybridized carbons (Fsp3) is 0.600. The van der Waals surface area contributed by atoms with Crippen LogP contribution in [0.1, 0.15) is 37.3 Å². The summed E-state index contributed by atoms with van der Waals surface area (Å²) in [6.07, 6.45) is -1.22. The highest BCUT2D eigenvalue weighted by Gasteiger charge is 2.31. The molecule has 6 heteroatoms. The maximum Gasteiger partial charge on any atom is 0.416 e. The van der Waals surface area contributed by atoms with Gasteiger partial charge in [-0.3, -0.25) is 0 Å². The Balaban J connectivity index is 2.01. The fourth-order valence-electron chi connectivity index (χ4n) is 2.74. The molecule has 0 bridgehead atoms. The van der Waals surface area contributed by atoms with Gasteiger partial charge in [0.1, 0.15) is 5.82 Å². The van der Waals surface area contributed by atoms with E-state index in [9.17, 15) is 17.6 Å².